The Hall–Kier alpha value is -2.62. The minimum absolute atomic E-state index is 0. The van der Waals surface area contributed by atoms with Crippen LogP contribution in [0.25, 0.3) is 0 Å². The summed E-state index contributed by atoms with van der Waals surface area (Å²) in [6.45, 7) is 6.45. The maximum absolute atomic E-state index is 4.80. The van der Waals surface area contributed by atoms with Crippen LogP contribution in [0.1, 0.15) is 37.0 Å². The van der Waals surface area contributed by atoms with Gasteiger partial charge in [-0.15, -0.1) is 34.2 Å². The van der Waals surface area contributed by atoms with Crippen LogP contribution in [-0.2, 0) is 20.0 Å². The number of aryl methyl sites for hydroxylation is 2. The van der Waals surface area contributed by atoms with E-state index in [1.54, 1.807) is 0 Å². The molecular formula is C26H38IN7. The summed E-state index contributed by atoms with van der Waals surface area (Å²) < 4.78 is 1.98. The number of hydrogen-bond donors (Lipinski definition) is 2. The van der Waals surface area contributed by atoms with Gasteiger partial charge in [-0.3, -0.25) is 0 Å². The third-order valence-corrected chi connectivity index (χ3v) is 5.81. The summed E-state index contributed by atoms with van der Waals surface area (Å²) in [5.41, 5.74) is 2.59. The molecule has 0 saturated heterocycles. The van der Waals surface area contributed by atoms with Gasteiger partial charge in [-0.05, 0) is 50.8 Å². The van der Waals surface area contributed by atoms with E-state index in [2.05, 4.69) is 94.3 Å². The van der Waals surface area contributed by atoms with Gasteiger partial charge in [0.1, 0.15) is 12.4 Å². The van der Waals surface area contributed by atoms with Crippen LogP contribution in [0.4, 0.5) is 5.69 Å². The summed E-state index contributed by atoms with van der Waals surface area (Å²) in [5.74, 6) is 2.57. The average Bonchev–Trinajstić information content (AvgIpc) is 3.17. The van der Waals surface area contributed by atoms with Crippen molar-refractivity contribution in [2.45, 2.75) is 45.7 Å². The molecule has 0 saturated carbocycles. The van der Waals surface area contributed by atoms with Gasteiger partial charge in [-0.25, -0.2) is 4.99 Å². The fourth-order valence-corrected chi connectivity index (χ4v) is 3.56. The van der Waals surface area contributed by atoms with Gasteiger partial charge in [0, 0.05) is 38.9 Å². The van der Waals surface area contributed by atoms with Gasteiger partial charge in [-0.1, -0.05) is 48.5 Å². The molecule has 0 aliphatic rings. The largest absolute Gasteiger partial charge is 0.375 e. The maximum atomic E-state index is 4.80. The molecule has 1 atom stereocenters. The molecule has 1 heterocycles. The maximum Gasteiger partial charge on any atom is 0.191 e. The third-order valence-electron chi connectivity index (χ3n) is 5.81. The van der Waals surface area contributed by atoms with Crippen molar-refractivity contribution >= 4 is 35.6 Å². The Balaban J connectivity index is 0.00000408. The molecule has 34 heavy (non-hydrogen) atoms. The SMILES string of the molecule is Cc1nnc(CN=C(NCCCN(C)c2ccccc2)NC(C)CCc2ccccc2)n1C.I. The summed E-state index contributed by atoms with van der Waals surface area (Å²) in [7, 11) is 4.10. The number of para-hydroxylation sites is 1. The Morgan fingerprint density at radius 1 is 1.06 bits per heavy atom. The molecule has 3 aromatic rings. The molecule has 0 amide bonds. The zero-order valence-corrected chi connectivity index (χ0v) is 23.1. The highest BCUT2D eigenvalue weighted by Crippen LogP contribution is 2.10. The van der Waals surface area contributed by atoms with E-state index in [-0.39, 0.29) is 24.0 Å². The lowest BCUT2D eigenvalue weighted by Gasteiger charge is -2.21. The Kier molecular flexibility index (Phi) is 11.9. The number of halogens is 1. The normalized spacial score (nSPS) is 12.1. The third kappa shape index (κ3) is 8.96. The van der Waals surface area contributed by atoms with Crippen molar-refractivity contribution < 1.29 is 0 Å². The van der Waals surface area contributed by atoms with Crippen molar-refractivity contribution in [3.05, 3.63) is 77.9 Å². The molecule has 0 aliphatic heterocycles. The highest BCUT2D eigenvalue weighted by molar-refractivity contribution is 14.0. The molecule has 0 radical (unpaired) electrons. The molecule has 8 heteroatoms. The predicted octanol–water partition coefficient (Wildman–Crippen LogP) is 4.32. The number of nitrogens with zero attached hydrogens (tertiary/aromatic N) is 5. The number of guanidine groups is 1. The molecule has 0 bridgehead atoms. The second kappa shape index (κ2) is 14.6. The number of benzene rings is 2. The molecular weight excluding hydrogens is 537 g/mol. The van der Waals surface area contributed by atoms with E-state index in [0.717, 1.165) is 50.0 Å². The Morgan fingerprint density at radius 3 is 2.38 bits per heavy atom. The van der Waals surface area contributed by atoms with Crippen LogP contribution in [0.15, 0.2) is 65.7 Å². The van der Waals surface area contributed by atoms with Crippen molar-refractivity contribution in [2.24, 2.45) is 12.0 Å². The smallest absolute Gasteiger partial charge is 0.191 e. The molecule has 2 aromatic carbocycles. The molecule has 0 fully saturated rings. The van der Waals surface area contributed by atoms with Crippen LogP contribution in [0, 0.1) is 6.92 Å². The molecule has 0 spiro atoms. The lowest BCUT2D eigenvalue weighted by Crippen LogP contribution is -2.43. The van der Waals surface area contributed by atoms with Crippen molar-refractivity contribution in [3.8, 4) is 0 Å². The average molecular weight is 576 g/mol. The lowest BCUT2D eigenvalue weighted by molar-refractivity contribution is 0.588. The quantitative estimate of drug-likeness (QED) is 0.154. The summed E-state index contributed by atoms with van der Waals surface area (Å²) >= 11 is 0. The minimum atomic E-state index is 0. The zero-order valence-electron chi connectivity index (χ0n) is 20.7. The number of nitrogens with one attached hydrogen (secondary N) is 2. The first-order valence-electron chi connectivity index (χ1n) is 11.7. The summed E-state index contributed by atoms with van der Waals surface area (Å²) in [6, 6.07) is 21.4. The summed E-state index contributed by atoms with van der Waals surface area (Å²) in [5, 5.41) is 15.5. The van der Waals surface area contributed by atoms with Gasteiger partial charge in [0.15, 0.2) is 11.8 Å². The van der Waals surface area contributed by atoms with Crippen LogP contribution in [0.3, 0.4) is 0 Å². The van der Waals surface area contributed by atoms with E-state index in [1.165, 1.54) is 11.3 Å². The summed E-state index contributed by atoms with van der Waals surface area (Å²) in [6.07, 6.45) is 3.07. The van der Waals surface area contributed by atoms with E-state index in [1.807, 2.05) is 24.6 Å². The number of aliphatic imine (C=N–C) groups is 1. The van der Waals surface area contributed by atoms with E-state index in [4.69, 9.17) is 4.99 Å². The van der Waals surface area contributed by atoms with Crippen LogP contribution in [0.5, 0.6) is 0 Å². The second-order valence-corrected chi connectivity index (χ2v) is 8.49. The number of aromatic nitrogens is 3. The Labute approximate surface area is 221 Å². The highest BCUT2D eigenvalue weighted by Gasteiger charge is 2.09. The lowest BCUT2D eigenvalue weighted by atomic mass is 10.1. The van der Waals surface area contributed by atoms with E-state index in [9.17, 15) is 0 Å². The van der Waals surface area contributed by atoms with Crippen LogP contribution in [0.2, 0.25) is 0 Å². The Bertz CT molecular complexity index is 989. The first-order valence-corrected chi connectivity index (χ1v) is 11.7. The van der Waals surface area contributed by atoms with E-state index < -0.39 is 0 Å². The Morgan fingerprint density at radius 2 is 1.74 bits per heavy atom. The molecule has 7 nitrogen and oxygen atoms in total. The monoisotopic (exact) mass is 575 g/mol. The van der Waals surface area contributed by atoms with Crippen molar-refractivity contribution in [3.63, 3.8) is 0 Å². The topological polar surface area (TPSA) is 70.4 Å². The van der Waals surface area contributed by atoms with Crippen molar-refractivity contribution in [1.82, 2.24) is 25.4 Å². The molecule has 184 valence electrons. The zero-order chi connectivity index (χ0) is 23.5. The number of hydrogen-bond acceptors (Lipinski definition) is 4. The fourth-order valence-electron chi connectivity index (χ4n) is 3.56. The highest BCUT2D eigenvalue weighted by atomic mass is 127. The van der Waals surface area contributed by atoms with Crippen LogP contribution >= 0.6 is 24.0 Å². The number of rotatable bonds is 11. The number of anilines is 1. The fraction of sp³-hybridized carbons (Fsp3) is 0.423. The molecule has 3 rings (SSSR count). The summed E-state index contributed by atoms with van der Waals surface area (Å²) in [4.78, 5) is 7.07. The molecule has 1 aromatic heterocycles. The van der Waals surface area contributed by atoms with E-state index in [0.29, 0.717) is 12.6 Å². The van der Waals surface area contributed by atoms with Gasteiger partial charge in [0.2, 0.25) is 0 Å². The second-order valence-electron chi connectivity index (χ2n) is 8.49. The standard InChI is InChI=1S/C26H37N7.HI/c1-21(16-17-23-12-7-5-8-13-23)29-26(28-20-25-31-30-22(2)33(25)4)27-18-11-19-32(3)24-14-9-6-10-15-24;/h5-10,12-15,21H,11,16-20H2,1-4H3,(H2,27,28,29);1H. The predicted molar refractivity (Wildman–Crippen MR) is 152 cm³/mol. The van der Waals surface area contributed by atoms with Crippen LogP contribution < -0.4 is 15.5 Å². The van der Waals surface area contributed by atoms with Gasteiger partial charge in [0.25, 0.3) is 0 Å². The molecule has 2 N–H and O–H groups in total. The van der Waals surface area contributed by atoms with Crippen LogP contribution in [-0.4, -0.2) is 46.9 Å². The van der Waals surface area contributed by atoms with Crippen molar-refractivity contribution in [2.75, 3.05) is 25.0 Å². The van der Waals surface area contributed by atoms with E-state index >= 15 is 0 Å². The van der Waals surface area contributed by atoms with Crippen molar-refractivity contribution in [1.29, 1.82) is 0 Å². The first kappa shape index (κ1) is 27.6. The van der Waals surface area contributed by atoms with Gasteiger partial charge >= 0.3 is 0 Å². The first-order chi connectivity index (χ1) is 16.0. The molecule has 1 unspecified atom stereocenters. The molecule has 0 aliphatic carbocycles. The minimum Gasteiger partial charge on any atom is -0.375 e. The van der Waals surface area contributed by atoms with Gasteiger partial charge in [-0.2, -0.15) is 0 Å². The van der Waals surface area contributed by atoms with Gasteiger partial charge in [0.05, 0.1) is 0 Å². The van der Waals surface area contributed by atoms with Gasteiger partial charge < -0.3 is 20.1 Å².